The van der Waals surface area contributed by atoms with Crippen LogP contribution in [0.25, 0.3) is 0 Å². The molecule has 0 aromatic rings. The van der Waals surface area contributed by atoms with Crippen LogP contribution < -0.4 is 0 Å². The summed E-state index contributed by atoms with van der Waals surface area (Å²) in [5.41, 5.74) is 0. The van der Waals surface area contributed by atoms with Crippen molar-refractivity contribution < 1.29 is 4.79 Å². The first-order valence-corrected chi connectivity index (χ1v) is 4.35. The van der Waals surface area contributed by atoms with E-state index in [1.165, 1.54) is 6.08 Å². The predicted molar refractivity (Wildman–Crippen MR) is 51.7 cm³/mol. The molecule has 0 fully saturated rings. The molecule has 0 spiro atoms. The molecule has 0 aliphatic carbocycles. The second-order valence-corrected chi connectivity index (χ2v) is 2.48. The van der Waals surface area contributed by atoms with Gasteiger partial charge in [-0.25, -0.2) is 0 Å². The van der Waals surface area contributed by atoms with Crippen LogP contribution in [0, 0.1) is 23.2 Å². The number of hydrogen-bond donors (Lipinski definition) is 0. The van der Waals surface area contributed by atoms with Crippen LogP contribution in [0.2, 0.25) is 0 Å². The first kappa shape index (κ1) is 11.5. The van der Waals surface area contributed by atoms with Crippen LogP contribution in [-0.2, 0) is 4.79 Å². The van der Waals surface area contributed by atoms with Gasteiger partial charge in [0.1, 0.15) is 6.29 Å². The van der Waals surface area contributed by atoms with Gasteiger partial charge in [-0.3, -0.25) is 0 Å². The third-order valence-electron chi connectivity index (χ3n) is 1.38. The van der Waals surface area contributed by atoms with Gasteiger partial charge in [0, 0.05) is 25.3 Å². The zero-order valence-electron chi connectivity index (χ0n) is 7.62. The van der Waals surface area contributed by atoms with Crippen molar-refractivity contribution in [3.8, 4) is 17.9 Å². The number of unbranched alkanes of at least 4 members (excludes halogenated alkanes) is 3. The lowest BCUT2D eigenvalue weighted by molar-refractivity contribution is -0.107. The summed E-state index contributed by atoms with van der Waals surface area (Å²) in [4.78, 5) is 9.92. The summed E-state index contributed by atoms with van der Waals surface area (Å²) in [6, 6.07) is 1.92. The van der Waals surface area contributed by atoms with E-state index in [4.69, 9.17) is 5.26 Å². The quantitative estimate of drug-likeness (QED) is 0.278. The lowest BCUT2D eigenvalue weighted by atomic mass is 10.2. The molecule has 0 aromatic heterocycles. The van der Waals surface area contributed by atoms with E-state index >= 15 is 0 Å². The number of hydrogen-bond acceptors (Lipinski definition) is 2. The Morgan fingerprint density at radius 2 is 1.92 bits per heavy atom. The fraction of sp³-hybridized carbons (Fsp3) is 0.455. The molecule has 0 aliphatic heterocycles. The Labute approximate surface area is 79.3 Å². The van der Waals surface area contributed by atoms with E-state index in [0.717, 1.165) is 32.0 Å². The van der Waals surface area contributed by atoms with Crippen LogP contribution in [0.3, 0.4) is 0 Å². The smallest absolute Gasteiger partial charge is 0.120 e. The lowest BCUT2D eigenvalue weighted by Crippen LogP contribution is -1.74. The number of allylic oxidation sites excluding steroid dienone is 2. The highest BCUT2D eigenvalue weighted by Crippen LogP contribution is 1.92. The topological polar surface area (TPSA) is 40.9 Å². The molecular formula is C11H13NO. The van der Waals surface area contributed by atoms with Crippen LogP contribution in [0.4, 0.5) is 0 Å². The van der Waals surface area contributed by atoms with Gasteiger partial charge < -0.3 is 4.79 Å². The van der Waals surface area contributed by atoms with Gasteiger partial charge in [-0.15, -0.1) is 11.8 Å². The van der Waals surface area contributed by atoms with Crippen LogP contribution >= 0.6 is 0 Å². The van der Waals surface area contributed by atoms with E-state index in [-0.39, 0.29) is 0 Å². The zero-order valence-corrected chi connectivity index (χ0v) is 7.62. The standard InChI is InChI=1S/C11H13NO/c12-10-8-6-4-2-1-3-5-7-9-11-13/h6,8,11H,2,4-5,7,9H2/b8-6+. The average molecular weight is 175 g/mol. The highest BCUT2D eigenvalue weighted by atomic mass is 16.1. The molecule has 0 amide bonds. The Bertz CT molecular complexity index is 249. The van der Waals surface area contributed by atoms with Gasteiger partial charge in [0.25, 0.3) is 0 Å². The SMILES string of the molecule is N#C/C=C/CCC#CCCCC=O. The third-order valence-corrected chi connectivity index (χ3v) is 1.38. The molecule has 0 saturated heterocycles. The second-order valence-electron chi connectivity index (χ2n) is 2.48. The van der Waals surface area contributed by atoms with Crippen molar-refractivity contribution in [2.45, 2.75) is 32.1 Å². The van der Waals surface area contributed by atoms with Gasteiger partial charge in [0.2, 0.25) is 0 Å². The molecule has 0 saturated carbocycles. The van der Waals surface area contributed by atoms with Gasteiger partial charge in [0.15, 0.2) is 0 Å². The minimum atomic E-state index is 0.600. The molecule has 0 rings (SSSR count). The van der Waals surface area contributed by atoms with Crippen molar-refractivity contribution in [2.24, 2.45) is 0 Å². The Balaban J connectivity index is 3.25. The maximum Gasteiger partial charge on any atom is 0.120 e. The Kier molecular flexibility index (Phi) is 9.22. The first-order chi connectivity index (χ1) is 6.41. The molecule has 0 aromatic carbocycles. The summed E-state index contributed by atoms with van der Waals surface area (Å²) in [6.07, 6.45) is 8.05. The van der Waals surface area contributed by atoms with Crippen LogP contribution in [0.15, 0.2) is 12.2 Å². The van der Waals surface area contributed by atoms with E-state index in [1.54, 1.807) is 6.08 Å². The molecule has 0 N–H and O–H groups in total. The van der Waals surface area contributed by atoms with E-state index in [0.29, 0.717) is 6.42 Å². The van der Waals surface area contributed by atoms with Gasteiger partial charge in [-0.2, -0.15) is 5.26 Å². The third kappa shape index (κ3) is 10.5. The summed E-state index contributed by atoms with van der Waals surface area (Å²) in [6.45, 7) is 0. The number of nitriles is 1. The van der Waals surface area contributed by atoms with E-state index < -0.39 is 0 Å². The molecule has 68 valence electrons. The summed E-state index contributed by atoms with van der Waals surface area (Å²) >= 11 is 0. The van der Waals surface area contributed by atoms with E-state index in [1.807, 2.05) is 6.07 Å². The number of aldehydes is 1. The van der Waals surface area contributed by atoms with Crippen molar-refractivity contribution in [1.29, 1.82) is 5.26 Å². The Hall–Kier alpha value is -1.54. The van der Waals surface area contributed by atoms with Crippen molar-refractivity contribution >= 4 is 6.29 Å². The number of carbonyl (C=O) groups is 1. The largest absolute Gasteiger partial charge is 0.303 e. The summed E-state index contributed by atoms with van der Waals surface area (Å²) in [7, 11) is 0. The van der Waals surface area contributed by atoms with Crippen LogP contribution in [0.1, 0.15) is 32.1 Å². The number of rotatable bonds is 5. The number of carbonyl (C=O) groups excluding carboxylic acids is 1. The molecule has 13 heavy (non-hydrogen) atoms. The maximum atomic E-state index is 9.92. The van der Waals surface area contributed by atoms with Crippen molar-refractivity contribution in [3.05, 3.63) is 12.2 Å². The highest BCUT2D eigenvalue weighted by Gasteiger charge is 1.80. The van der Waals surface area contributed by atoms with Crippen LogP contribution in [0.5, 0.6) is 0 Å². The molecule has 0 bridgehead atoms. The predicted octanol–water partition coefficient (Wildman–Crippen LogP) is 2.22. The van der Waals surface area contributed by atoms with Crippen molar-refractivity contribution in [1.82, 2.24) is 0 Å². The van der Waals surface area contributed by atoms with Gasteiger partial charge in [0.05, 0.1) is 6.07 Å². The second kappa shape index (κ2) is 10.5. The fourth-order valence-corrected chi connectivity index (χ4v) is 0.742. The normalized spacial score (nSPS) is 8.85. The Morgan fingerprint density at radius 3 is 2.62 bits per heavy atom. The first-order valence-electron chi connectivity index (χ1n) is 4.35. The minimum Gasteiger partial charge on any atom is -0.303 e. The van der Waals surface area contributed by atoms with Gasteiger partial charge in [-0.05, 0) is 12.8 Å². The fourth-order valence-electron chi connectivity index (χ4n) is 0.742. The van der Waals surface area contributed by atoms with Crippen molar-refractivity contribution in [2.75, 3.05) is 0 Å². The van der Waals surface area contributed by atoms with Gasteiger partial charge >= 0.3 is 0 Å². The summed E-state index contributed by atoms with van der Waals surface area (Å²) < 4.78 is 0. The van der Waals surface area contributed by atoms with Gasteiger partial charge in [-0.1, -0.05) is 6.08 Å². The minimum absolute atomic E-state index is 0.600. The number of nitrogens with zero attached hydrogens (tertiary/aromatic N) is 1. The molecule has 0 atom stereocenters. The van der Waals surface area contributed by atoms with E-state index in [9.17, 15) is 4.79 Å². The molecule has 0 unspecified atom stereocenters. The monoisotopic (exact) mass is 175 g/mol. The zero-order chi connectivity index (χ0) is 9.78. The van der Waals surface area contributed by atoms with Crippen LogP contribution in [-0.4, -0.2) is 6.29 Å². The Morgan fingerprint density at radius 1 is 1.15 bits per heavy atom. The molecule has 0 aliphatic rings. The molecule has 2 heteroatoms. The average Bonchev–Trinajstić information content (AvgIpc) is 2.16. The molecule has 0 heterocycles. The summed E-state index contributed by atoms with van der Waals surface area (Å²) in [5, 5.41) is 8.16. The molecule has 2 nitrogen and oxygen atoms in total. The van der Waals surface area contributed by atoms with E-state index in [2.05, 4.69) is 11.8 Å². The van der Waals surface area contributed by atoms with Crippen molar-refractivity contribution in [3.63, 3.8) is 0 Å². The lowest BCUT2D eigenvalue weighted by Gasteiger charge is -1.83. The summed E-state index contributed by atoms with van der Waals surface area (Å²) in [5.74, 6) is 5.95. The molecular weight excluding hydrogens is 162 g/mol. The maximum absolute atomic E-state index is 9.92. The molecule has 0 radical (unpaired) electrons. The highest BCUT2D eigenvalue weighted by molar-refractivity contribution is 5.49.